The van der Waals surface area contributed by atoms with E-state index in [2.05, 4.69) is 26.3 Å². The fourth-order valence-electron chi connectivity index (χ4n) is 3.65. The van der Waals surface area contributed by atoms with Gasteiger partial charge in [0.1, 0.15) is 23.9 Å². The van der Waals surface area contributed by atoms with E-state index < -0.39 is 24.0 Å². The SMILES string of the molecule is Cc1oc2nc1C(=O)N[C@H](C)C(=O)NCCCC[C@H](NC(=O)CCC(C)C)C(=O)N[C@H]2C(C)C. The molecule has 3 atom stereocenters. The van der Waals surface area contributed by atoms with Crippen LogP contribution in [-0.2, 0) is 14.4 Å². The van der Waals surface area contributed by atoms with Crippen molar-refractivity contribution in [2.75, 3.05) is 6.54 Å². The minimum absolute atomic E-state index is 0.0696. The van der Waals surface area contributed by atoms with Gasteiger partial charge in [-0.2, -0.15) is 0 Å². The van der Waals surface area contributed by atoms with E-state index in [-0.39, 0.29) is 35.2 Å². The molecule has 1 aliphatic heterocycles. The molecule has 0 unspecified atom stereocenters. The van der Waals surface area contributed by atoms with E-state index in [1.165, 1.54) is 0 Å². The Morgan fingerprint density at radius 2 is 1.82 bits per heavy atom. The van der Waals surface area contributed by atoms with E-state index in [1.54, 1.807) is 13.8 Å². The van der Waals surface area contributed by atoms with Crippen LogP contribution < -0.4 is 21.3 Å². The number of carbonyl (C=O) groups excluding carboxylic acids is 4. The van der Waals surface area contributed by atoms with Crippen LogP contribution in [0, 0.1) is 18.8 Å². The molecule has 4 amide bonds. The maximum absolute atomic E-state index is 13.2. The van der Waals surface area contributed by atoms with Gasteiger partial charge in [-0.1, -0.05) is 27.7 Å². The van der Waals surface area contributed by atoms with Gasteiger partial charge in [0.2, 0.25) is 23.6 Å². The molecule has 1 aromatic heterocycles. The zero-order chi connectivity index (χ0) is 25.4. The van der Waals surface area contributed by atoms with Crippen LogP contribution in [0.2, 0.25) is 0 Å². The first kappa shape index (κ1) is 27.3. The highest BCUT2D eigenvalue weighted by Crippen LogP contribution is 2.24. The molecule has 0 spiro atoms. The minimum Gasteiger partial charge on any atom is -0.443 e. The average molecular weight is 478 g/mol. The van der Waals surface area contributed by atoms with Crippen molar-refractivity contribution in [1.29, 1.82) is 0 Å². The Kier molecular flexibility index (Phi) is 10.1. The van der Waals surface area contributed by atoms with Crippen LogP contribution in [0.3, 0.4) is 0 Å². The highest BCUT2D eigenvalue weighted by molar-refractivity contribution is 5.96. The quantitative estimate of drug-likeness (QED) is 0.512. The number of nitrogens with one attached hydrogen (secondary N) is 4. The van der Waals surface area contributed by atoms with Gasteiger partial charge in [-0.15, -0.1) is 0 Å². The van der Waals surface area contributed by atoms with E-state index in [0.717, 1.165) is 6.42 Å². The topological polar surface area (TPSA) is 142 Å². The molecule has 2 bridgehead atoms. The Morgan fingerprint density at radius 3 is 2.47 bits per heavy atom. The third-order valence-corrected chi connectivity index (χ3v) is 5.82. The van der Waals surface area contributed by atoms with Gasteiger partial charge in [0.05, 0.1) is 0 Å². The standard InChI is InChI=1S/C24H39N5O5/c1-13(2)10-11-18(30)27-17-9-7-8-12-25-21(31)15(5)26-23(33)20-16(6)34-24(29-20)19(14(3)4)28-22(17)32/h13-15,17,19H,7-12H2,1-6H3,(H,25,31)(H,26,33)(H,27,30)(H,28,32)/t15-,17+,19+/m1/s1. The number of fused-ring (bicyclic) bond motifs is 2. The third kappa shape index (κ3) is 7.85. The van der Waals surface area contributed by atoms with Gasteiger partial charge in [-0.05, 0) is 51.4 Å². The van der Waals surface area contributed by atoms with Crippen molar-refractivity contribution >= 4 is 23.6 Å². The summed E-state index contributed by atoms with van der Waals surface area (Å²) in [6.07, 6.45) is 2.77. The summed E-state index contributed by atoms with van der Waals surface area (Å²) in [6, 6.07) is -2.05. The van der Waals surface area contributed by atoms with Crippen molar-refractivity contribution in [2.45, 2.75) is 91.8 Å². The summed E-state index contributed by atoms with van der Waals surface area (Å²) in [4.78, 5) is 55.0. The monoisotopic (exact) mass is 477 g/mol. The summed E-state index contributed by atoms with van der Waals surface area (Å²) in [6.45, 7) is 11.5. The fraction of sp³-hybridized carbons (Fsp3) is 0.708. The molecule has 0 saturated carbocycles. The van der Waals surface area contributed by atoms with E-state index in [1.807, 2.05) is 27.7 Å². The largest absolute Gasteiger partial charge is 0.443 e. The second kappa shape index (κ2) is 12.5. The van der Waals surface area contributed by atoms with Crippen LogP contribution in [0.25, 0.3) is 0 Å². The Bertz CT molecular complexity index is 879. The lowest BCUT2D eigenvalue weighted by Gasteiger charge is -2.24. The van der Waals surface area contributed by atoms with Gasteiger partial charge < -0.3 is 25.7 Å². The molecule has 10 heteroatoms. The van der Waals surface area contributed by atoms with Crippen molar-refractivity contribution in [3.8, 4) is 0 Å². The molecule has 190 valence electrons. The molecule has 2 heterocycles. The van der Waals surface area contributed by atoms with Gasteiger partial charge in [-0.25, -0.2) is 4.98 Å². The number of aromatic nitrogens is 1. The zero-order valence-corrected chi connectivity index (χ0v) is 21.1. The van der Waals surface area contributed by atoms with Gasteiger partial charge in [0, 0.05) is 13.0 Å². The number of rotatable bonds is 5. The summed E-state index contributed by atoms with van der Waals surface area (Å²) in [5.74, 6) is -0.528. The molecule has 0 radical (unpaired) electrons. The smallest absolute Gasteiger partial charge is 0.274 e. The highest BCUT2D eigenvalue weighted by atomic mass is 16.4. The predicted molar refractivity (Wildman–Crippen MR) is 127 cm³/mol. The van der Waals surface area contributed by atoms with E-state index in [4.69, 9.17) is 4.42 Å². The van der Waals surface area contributed by atoms with Crippen molar-refractivity contribution in [2.24, 2.45) is 11.8 Å². The van der Waals surface area contributed by atoms with Crippen LogP contribution in [0.5, 0.6) is 0 Å². The van der Waals surface area contributed by atoms with E-state index in [9.17, 15) is 19.2 Å². The van der Waals surface area contributed by atoms with Crippen LogP contribution >= 0.6 is 0 Å². The Hall–Kier alpha value is -2.91. The number of carbonyl (C=O) groups is 4. The van der Waals surface area contributed by atoms with Crippen molar-refractivity contribution in [3.05, 3.63) is 17.3 Å². The van der Waals surface area contributed by atoms with E-state index >= 15 is 0 Å². The number of nitrogens with zero attached hydrogens (tertiary/aromatic N) is 1. The second-order valence-corrected chi connectivity index (χ2v) is 9.72. The Labute approximate surface area is 201 Å². The first-order chi connectivity index (χ1) is 16.0. The molecule has 0 aromatic carbocycles. The predicted octanol–water partition coefficient (Wildman–Crippen LogP) is 2.14. The normalized spacial score (nSPS) is 22.8. The van der Waals surface area contributed by atoms with Gasteiger partial charge in [-0.3, -0.25) is 19.2 Å². The fourth-order valence-corrected chi connectivity index (χ4v) is 3.65. The Morgan fingerprint density at radius 1 is 1.12 bits per heavy atom. The lowest BCUT2D eigenvalue weighted by atomic mass is 10.0. The summed E-state index contributed by atoms with van der Waals surface area (Å²) in [7, 11) is 0. The molecule has 34 heavy (non-hydrogen) atoms. The first-order valence-corrected chi connectivity index (χ1v) is 12.1. The van der Waals surface area contributed by atoms with Crippen LogP contribution in [-0.4, -0.2) is 47.2 Å². The summed E-state index contributed by atoms with van der Waals surface area (Å²) in [5.41, 5.74) is 0.0696. The molecule has 0 aliphatic carbocycles. The maximum Gasteiger partial charge on any atom is 0.274 e. The van der Waals surface area contributed by atoms with Crippen molar-refractivity contribution < 1.29 is 23.6 Å². The van der Waals surface area contributed by atoms with E-state index in [0.29, 0.717) is 43.9 Å². The molecular weight excluding hydrogens is 438 g/mol. The minimum atomic E-state index is -0.742. The molecule has 1 aromatic rings. The molecule has 0 saturated heterocycles. The summed E-state index contributed by atoms with van der Waals surface area (Å²) >= 11 is 0. The first-order valence-electron chi connectivity index (χ1n) is 12.1. The second-order valence-electron chi connectivity index (χ2n) is 9.72. The lowest BCUT2D eigenvalue weighted by Crippen LogP contribution is -2.48. The number of oxazole rings is 1. The van der Waals surface area contributed by atoms with Crippen molar-refractivity contribution in [3.63, 3.8) is 0 Å². The maximum atomic E-state index is 13.2. The Balaban J connectivity index is 2.30. The molecule has 1 aliphatic rings. The zero-order valence-electron chi connectivity index (χ0n) is 21.1. The highest BCUT2D eigenvalue weighted by Gasteiger charge is 2.30. The van der Waals surface area contributed by atoms with Crippen LogP contribution in [0.15, 0.2) is 4.42 Å². The van der Waals surface area contributed by atoms with Gasteiger partial charge >= 0.3 is 0 Å². The number of hydrogen-bond donors (Lipinski definition) is 4. The van der Waals surface area contributed by atoms with Crippen molar-refractivity contribution in [1.82, 2.24) is 26.3 Å². The van der Waals surface area contributed by atoms with Gasteiger partial charge in [0.15, 0.2) is 5.69 Å². The summed E-state index contributed by atoms with van der Waals surface area (Å²) in [5, 5.41) is 11.3. The molecule has 10 nitrogen and oxygen atoms in total. The number of hydrogen-bond acceptors (Lipinski definition) is 6. The van der Waals surface area contributed by atoms with Gasteiger partial charge in [0.25, 0.3) is 5.91 Å². The molecular formula is C24H39N5O5. The molecule has 4 N–H and O–H groups in total. The third-order valence-electron chi connectivity index (χ3n) is 5.82. The van der Waals surface area contributed by atoms with Crippen LogP contribution in [0.4, 0.5) is 0 Å². The molecule has 0 fully saturated rings. The number of aryl methyl sites for hydroxylation is 1. The summed E-state index contributed by atoms with van der Waals surface area (Å²) < 4.78 is 5.75. The molecule has 2 rings (SSSR count). The van der Waals surface area contributed by atoms with Crippen LogP contribution in [0.1, 0.15) is 94.9 Å². The average Bonchev–Trinajstić information content (AvgIpc) is 3.14. The number of amides is 4. The lowest BCUT2D eigenvalue weighted by molar-refractivity contribution is -0.130.